The van der Waals surface area contributed by atoms with Gasteiger partial charge < -0.3 is 15.0 Å². The normalized spacial score (nSPS) is 15.9. The molecule has 0 unspecified atom stereocenters. The largest absolute Gasteiger partial charge is 0.379 e. The highest BCUT2D eigenvalue weighted by atomic mass is 35.5. The van der Waals surface area contributed by atoms with Crippen molar-refractivity contribution in [1.82, 2.24) is 9.29 Å². The second-order valence-corrected chi connectivity index (χ2v) is 7.69. The van der Waals surface area contributed by atoms with Crippen LogP contribution in [-0.4, -0.2) is 49.9 Å². The summed E-state index contributed by atoms with van der Waals surface area (Å²) < 4.78 is 45.6. The van der Waals surface area contributed by atoms with Crippen LogP contribution >= 0.6 is 11.6 Å². The number of amides is 1. The number of anilines is 1. The van der Waals surface area contributed by atoms with E-state index in [9.17, 15) is 17.6 Å². The number of hydrogen-bond donors (Lipinski definition) is 2. The first-order valence-electron chi connectivity index (χ1n) is 7.40. The maximum absolute atomic E-state index is 14.1. The van der Waals surface area contributed by atoms with Crippen molar-refractivity contribution in [2.75, 3.05) is 31.6 Å². The van der Waals surface area contributed by atoms with Crippen molar-refractivity contribution in [3.05, 3.63) is 47.0 Å². The Kier molecular flexibility index (Phi) is 5.09. The summed E-state index contributed by atoms with van der Waals surface area (Å²) in [6.45, 7) is 0.814. The van der Waals surface area contributed by atoms with Crippen molar-refractivity contribution in [1.29, 1.82) is 0 Å². The number of H-pyrrole nitrogens is 1. The van der Waals surface area contributed by atoms with Crippen molar-refractivity contribution >= 4 is 33.2 Å². The molecule has 1 aromatic carbocycles. The molecule has 2 N–H and O–H groups in total. The zero-order valence-electron chi connectivity index (χ0n) is 13.0. The maximum atomic E-state index is 14.1. The highest BCUT2D eigenvalue weighted by Crippen LogP contribution is 2.24. The summed E-state index contributed by atoms with van der Waals surface area (Å²) in [6.07, 6.45) is 1.44. The third kappa shape index (κ3) is 3.84. The minimum atomic E-state index is -4.01. The van der Waals surface area contributed by atoms with E-state index >= 15 is 0 Å². The molecule has 0 atom stereocenters. The van der Waals surface area contributed by atoms with Gasteiger partial charge >= 0.3 is 0 Å². The quantitative estimate of drug-likeness (QED) is 0.840. The lowest BCUT2D eigenvalue weighted by atomic mass is 10.3. The number of aromatic nitrogens is 1. The summed E-state index contributed by atoms with van der Waals surface area (Å²) >= 11 is 5.74. The summed E-state index contributed by atoms with van der Waals surface area (Å²) in [5, 5.41) is 2.87. The molecular weight excluding hydrogens is 373 g/mol. The minimum absolute atomic E-state index is 0.152. The van der Waals surface area contributed by atoms with Crippen LogP contribution in [0, 0.1) is 5.82 Å². The summed E-state index contributed by atoms with van der Waals surface area (Å²) in [6, 6.07) is 4.81. The molecule has 0 radical (unpaired) electrons. The molecule has 0 bridgehead atoms. The first kappa shape index (κ1) is 17.9. The zero-order chi connectivity index (χ0) is 18.0. The Morgan fingerprint density at radius 3 is 2.64 bits per heavy atom. The molecule has 10 heteroatoms. The van der Waals surface area contributed by atoms with Gasteiger partial charge in [-0.1, -0.05) is 11.6 Å². The second kappa shape index (κ2) is 7.12. The molecule has 1 aromatic heterocycles. The zero-order valence-corrected chi connectivity index (χ0v) is 14.5. The van der Waals surface area contributed by atoms with Crippen LogP contribution in [-0.2, 0) is 14.8 Å². The van der Waals surface area contributed by atoms with E-state index in [1.54, 1.807) is 0 Å². The standard InChI is InChI=1S/C15H15ClFN3O4S/c16-10-7-13(18-9-10)15(21)19-11-1-2-12(17)14(8-11)25(22,23)20-3-5-24-6-4-20/h1-2,7-9,18H,3-6H2,(H,19,21). The lowest BCUT2D eigenvalue weighted by Crippen LogP contribution is -2.40. The highest BCUT2D eigenvalue weighted by Gasteiger charge is 2.29. The Labute approximate surface area is 148 Å². The predicted molar refractivity (Wildman–Crippen MR) is 89.7 cm³/mol. The molecule has 1 amide bonds. The summed E-state index contributed by atoms with van der Waals surface area (Å²) in [4.78, 5) is 14.3. The fourth-order valence-corrected chi connectivity index (χ4v) is 4.06. The van der Waals surface area contributed by atoms with E-state index in [1.165, 1.54) is 18.3 Å². The van der Waals surface area contributed by atoms with Gasteiger partial charge in [0.2, 0.25) is 10.0 Å². The highest BCUT2D eigenvalue weighted by molar-refractivity contribution is 7.89. The van der Waals surface area contributed by atoms with Crippen molar-refractivity contribution in [3.63, 3.8) is 0 Å². The molecule has 1 aliphatic rings. The first-order chi connectivity index (χ1) is 11.9. The molecule has 1 saturated heterocycles. The molecule has 0 spiro atoms. The number of halogens is 2. The van der Waals surface area contributed by atoms with Gasteiger partial charge in [-0.3, -0.25) is 4.79 Å². The van der Waals surface area contributed by atoms with Gasteiger partial charge in [0.25, 0.3) is 5.91 Å². The summed E-state index contributed by atoms with van der Waals surface area (Å²) in [7, 11) is -4.01. The van der Waals surface area contributed by atoms with Crippen LogP contribution < -0.4 is 5.32 Å². The topological polar surface area (TPSA) is 91.5 Å². The second-order valence-electron chi connectivity index (χ2n) is 5.35. The Morgan fingerprint density at radius 2 is 2.00 bits per heavy atom. The van der Waals surface area contributed by atoms with Gasteiger partial charge in [-0.15, -0.1) is 0 Å². The van der Waals surface area contributed by atoms with Crippen LogP contribution in [0.15, 0.2) is 35.4 Å². The SMILES string of the molecule is O=C(Nc1ccc(F)c(S(=O)(=O)N2CCOCC2)c1)c1cc(Cl)c[nH]1. The number of rotatable bonds is 4. The van der Waals surface area contributed by atoms with Crippen LogP contribution in [0.4, 0.5) is 10.1 Å². The fraction of sp³-hybridized carbons (Fsp3) is 0.267. The number of carbonyl (C=O) groups is 1. The van der Waals surface area contributed by atoms with Crippen molar-refractivity contribution < 1.29 is 22.3 Å². The molecule has 0 aliphatic carbocycles. The third-order valence-electron chi connectivity index (χ3n) is 3.67. The van der Waals surface area contributed by atoms with Crippen LogP contribution in [0.2, 0.25) is 5.02 Å². The number of ether oxygens (including phenoxy) is 1. The van der Waals surface area contributed by atoms with Crippen LogP contribution in [0.1, 0.15) is 10.5 Å². The van der Waals surface area contributed by atoms with Gasteiger partial charge in [-0.05, 0) is 24.3 Å². The van der Waals surface area contributed by atoms with E-state index in [4.69, 9.17) is 16.3 Å². The molecule has 7 nitrogen and oxygen atoms in total. The van der Waals surface area contributed by atoms with Gasteiger partial charge in [0.05, 0.1) is 18.2 Å². The number of nitrogens with zero attached hydrogens (tertiary/aromatic N) is 1. The van der Waals surface area contributed by atoms with E-state index in [-0.39, 0.29) is 37.7 Å². The van der Waals surface area contributed by atoms with Crippen LogP contribution in [0.25, 0.3) is 0 Å². The number of nitrogens with one attached hydrogen (secondary N) is 2. The average molecular weight is 388 g/mol. The van der Waals surface area contributed by atoms with E-state index in [0.717, 1.165) is 16.4 Å². The maximum Gasteiger partial charge on any atom is 0.272 e. The van der Waals surface area contributed by atoms with Gasteiger partial charge in [-0.25, -0.2) is 12.8 Å². The molecule has 0 saturated carbocycles. The molecule has 25 heavy (non-hydrogen) atoms. The molecule has 3 rings (SSSR count). The number of benzene rings is 1. The third-order valence-corrected chi connectivity index (χ3v) is 5.80. The first-order valence-corrected chi connectivity index (χ1v) is 9.22. The molecule has 1 aliphatic heterocycles. The number of aromatic amines is 1. The minimum Gasteiger partial charge on any atom is -0.379 e. The fourth-order valence-electron chi connectivity index (χ4n) is 2.40. The molecule has 2 aromatic rings. The Morgan fingerprint density at radius 1 is 1.28 bits per heavy atom. The van der Waals surface area contributed by atoms with Gasteiger partial charge in [-0.2, -0.15) is 4.31 Å². The van der Waals surface area contributed by atoms with Crippen LogP contribution in [0.5, 0.6) is 0 Å². The Bertz CT molecular complexity index is 894. The Hall–Kier alpha value is -1.94. The molecular formula is C15H15ClFN3O4S. The lowest BCUT2D eigenvalue weighted by Gasteiger charge is -2.26. The van der Waals surface area contributed by atoms with E-state index in [2.05, 4.69) is 10.3 Å². The average Bonchev–Trinajstić information content (AvgIpc) is 3.04. The smallest absolute Gasteiger partial charge is 0.272 e. The lowest BCUT2D eigenvalue weighted by molar-refractivity contribution is 0.0729. The van der Waals surface area contributed by atoms with Gasteiger partial charge in [0, 0.05) is 25.0 Å². The predicted octanol–water partition coefficient (Wildman–Crippen LogP) is 2.08. The van der Waals surface area contributed by atoms with Gasteiger partial charge in [0.15, 0.2) is 0 Å². The summed E-state index contributed by atoms with van der Waals surface area (Å²) in [5.74, 6) is -1.40. The monoisotopic (exact) mass is 387 g/mol. The van der Waals surface area contributed by atoms with E-state index in [0.29, 0.717) is 5.02 Å². The van der Waals surface area contributed by atoms with Gasteiger partial charge in [0.1, 0.15) is 16.4 Å². The molecule has 134 valence electrons. The number of sulfonamides is 1. The number of carbonyl (C=O) groups excluding carboxylic acids is 1. The molecule has 2 heterocycles. The Balaban J connectivity index is 1.86. The van der Waals surface area contributed by atoms with Crippen molar-refractivity contribution in [3.8, 4) is 0 Å². The van der Waals surface area contributed by atoms with E-state index < -0.39 is 26.6 Å². The molecule has 1 fully saturated rings. The van der Waals surface area contributed by atoms with Crippen molar-refractivity contribution in [2.45, 2.75) is 4.90 Å². The van der Waals surface area contributed by atoms with Crippen molar-refractivity contribution in [2.24, 2.45) is 0 Å². The number of morpholine rings is 1. The van der Waals surface area contributed by atoms with Crippen LogP contribution in [0.3, 0.4) is 0 Å². The number of hydrogen-bond acceptors (Lipinski definition) is 4. The summed E-state index contributed by atoms with van der Waals surface area (Å²) in [5.41, 5.74) is 0.357. The van der Waals surface area contributed by atoms with E-state index in [1.807, 2.05) is 0 Å².